The van der Waals surface area contributed by atoms with Crippen molar-refractivity contribution in [1.82, 2.24) is 10.2 Å². The highest BCUT2D eigenvalue weighted by molar-refractivity contribution is 7.92. The molecule has 0 heterocycles. The molecule has 0 saturated carbocycles. The number of anilines is 1. The summed E-state index contributed by atoms with van der Waals surface area (Å²) in [5.74, 6) is -0.632. The minimum Gasteiger partial charge on any atom is -0.357 e. The van der Waals surface area contributed by atoms with E-state index in [2.05, 4.69) is 19.2 Å². The van der Waals surface area contributed by atoms with Crippen LogP contribution in [0.5, 0.6) is 0 Å². The van der Waals surface area contributed by atoms with Crippen molar-refractivity contribution in [2.45, 2.75) is 43.7 Å². The highest BCUT2D eigenvalue weighted by Gasteiger charge is 2.34. The molecule has 1 N–H and O–H groups in total. The maximum absolute atomic E-state index is 14.3. The van der Waals surface area contributed by atoms with Crippen LogP contribution < -0.4 is 9.62 Å². The van der Waals surface area contributed by atoms with Crippen molar-refractivity contribution in [2.24, 2.45) is 0 Å². The summed E-state index contributed by atoms with van der Waals surface area (Å²) >= 11 is 6.11. The third-order valence-corrected chi connectivity index (χ3v) is 9.28. The summed E-state index contributed by atoms with van der Waals surface area (Å²) < 4.78 is 29.2. The second kappa shape index (κ2) is 14.4. The molecule has 7 nitrogen and oxygen atoms in total. The molecule has 4 aromatic rings. The van der Waals surface area contributed by atoms with Gasteiger partial charge in [-0.25, -0.2) is 8.42 Å². The minimum absolute atomic E-state index is 0.0622. The van der Waals surface area contributed by atoms with Crippen molar-refractivity contribution in [3.05, 3.63) is 131 Å². The maximum Gasteiger partial charge on any atom is 0.264 e. The van der Waals surface area contributed by atoms with Crippen LogP contribution in [0.2, 0.25) is 5.02 Å². The molecule has 0 aromatic heterocycles. The Kier molecular flexibility index (Phi) is 10.6. The fourth-order valence-electron chi connectivity index (χ4n) is 4.78. The molecule has 2 amide bonds. The summed E-state index contributed by atoms with van der Waals surface area (Å²) in [5, 5.41) is 3.23. The number of hydrogen-bond acceptors (Lipinski definition) is 4. The number of likely N-dealkylation sites (N-methyl/N-ethyl adjacent to an activating group) is 1. The zero-order valence-electron chi connectivity index (χ0n) is 24.5. The van der Waals surface area contributed by atoms with E-state index < -0.39 is 28.5 Å². The number of sulfonamides is 1. The van der Waals surface area contributed by atoms with Crippen molar-refractivity contribution < 1.29 is 18.0 Å². The summed E-state index contributed by atoms with van der Waals surface area (Å²) in [6.45, 7) is 3.68. The fourth-order valence-corrected chi connectivity index (χ4v) is 6.34. The van der Waals surface area contributed by atoms with Gasteiger partial charge in [-0.05, 0) is 59.0 Å². The Labute approximate surface area is 259 Å². The lowest BCUT2D eigenvalue weighted by molar-refractivity contribution is -0.139. The van der Waals surface area contributed by atoms with Gasteiger partial charge in [0.25, 0.3) is 10.0 Å². The van der Waals surface area contributed by atoms with Gasteiger partial charge < -0.3 is 10.2 Å². The normalized spacial score (nSPS) is 12.0. The topological polar surface area (TPSA) is 86.8 Å². The van der Waals surface area contributed by atoms with Gasteiger partial charge in [-0.3, -0.25) is 13.9 Å². The number of halogens is 1. The standard InChI is InChI=1S/C34H36ClN3O4S/c1-25(2)28-16-20-30(21-17-28)38(43(41,42)31-12-8-5-9-13-31)24-33(39)37(23-27-14-18-29(35)19-15-27)32(34(40)36-3)22-26-10-6-4-7-11-26/h4-21,25,32H,22-24H2,1-3H3,(H,36,40). The molecule has 0 aliphatic rings. The molecule has 4 rings (SSSR count). The van der Waals surface area contributed by atoms with E-state index in [0.717, 1.165) is 21.0 Å². The molecule has 0 spiro atoms. The number of rotatable bonds is 12. The van der Waals surface area contributed by atoms with Crippen molar-refractivity contribution in [3.63, 3.8) is 0 Å². The highest BCUT2D eigenvalue weighted by Crippen LogP contribution is 2.27. The summed E-state index contributed by atoms with van der Waals surface area (Å²) in [5.41, 5.74) is 3.01. The molecule has 224 valence electrons. The van der Waals surface area contributed by atoms with Crippen LogP contribution in [0.1, 0.15) is 36.5 Å². The number of nitrogens with one attached hydrogen (secondary N) is 1. The number of carbonyl (C=O) groups excluding carboxylic acids is 2. The molecular weight excluding hydrogens is 582 g/mol. The number of nitrogens with zero attached hydrogens (tertiary/aromatic N) is 2. The van der Waals surface area contributed by atoms with Gasteiger partial charge >= 0.3 is 0 Å². The van der Waals surface area contributed by atoms with E-state index in [1.54, 1.807) is 54.6 Å². The molecule has 0 fully saturated rings. The Bertz CT molecular complexity index is 1610. The van der Waals surface area contributed by atoms with E-state index >= 15 is 0 Å². The van der Waals surface area contributed by atoms with Gasteiger partial charge in [0.2, 0.25) is 11.8 Å². The Balaban J connectivity index is 1.78. The lowest BCUT2D eigenvalue weighted by atomic mass is 10.0. The molecule has 4 aromatic carbocycles. The van der Waals surface area contributed by atoms with E-state index in [4.69, 9.17) is 11.6 Å². The molecule has 1 atom stereocenters. The number of amides is 2. The Morgan fingerprint density at radius 2 is 1.37 bits per heavy atom. The lowest BCUT2D eigenvalue weighted by Gasteiger charge is -2.33. The van der Waals surface area contributed by atoms with Crippen LogP contribution in [0, 0.1) is 0 Å². The molecule has 0 aliphatic heterocycles. The predicted octanol–water partition coefficient (Wildman–Crippen LogP) is 6.04. The van der Waals surface area contributed by atoms with Crippen LogP contribution in [-0.2, 0) is 32.6 Å². The third kappa shape index (κ3) is 8.03. The highest BCUT2D eigenvalue weighted by atomic mass is 35.5. The Morgan fingerprint density at radius 1 is 0.791 bits per heavy atom. The summed E-state index contributed by atoms with van der Waals surface area (Å²) in [7, 11) is -2.62. The van der Waals surface area contributed by atoms with Crippen molar-refractivity contribution in [3.8, 4) is 0 Å². The summed E-state index contributed by atoms with van der Waals surface area (Å²) in [6, 6.07) is 30.7. The molecule has 1 unspecified atom stereocenters. The van der Waals surface area contributed by atoms with E-state index in [0.29, 0.717) is 10.7 Å². The van der Waals surface area contributed by atoms with Gasteiger partial charge in [-0.1, -0.05) is 98.2 Å². The first-order chi connectivity index (χ1) is 20.6. The van der Waals surface area contributed by atoms with Crippen molar-refractivity contribution in [1.29, 1.82) is 0 Å². The van der Waals surface area contributed by atoms with Gasteiger partial charge in [0.15, 0.2) is 0 Å². The summed E-state index contributed by atoms with van der Waals surface area (Å²) in [4.78, 5) is 29.2. The molecule has 9 heteroatoms. The fraction of sp³-hybridized carbons (Fsp3) is 0.235. The SMILES string of the molecule is CNC(=O)C(Cc1ccccc1)N(Cc1ccc(Cl)cc1)C(=O)CN(c1ccc(C(C)C)cc1)S(=O)(=O)c1ccccc1. The largest absolute Gasteiger partial charge is 0.357 e. The van der Waals surface area contributed by atoms with Gasteiger partial charge in [-0.2, -0.15) is 0 Å². The van der Waals surface area contributed by atoms with Crippen LogP contribution in [0.4, 0.5) is 5.69 Å². The first-order valence-corrected chi connectivity index (χ1v) is 15.9. The lowest BCUT2D eigenvalue weighted by Crippen LogP contribution is -2.53. The monoisotopic (exact) mass is 617 g/mol. The third-order valence-electron chi connectivity index (χ3n) is 7.24. The van der Waals surface area contributed by atoms with Gasteiger partial charge in [0.05, 0.1) is 10.6 Å². The maximum atomic E-state index is 14.3. The molecule has 0 saturated heterocycles. The van der Waals surface area contributed by atoms with E-state index in [1.807, 2.05) is 42.5 Å². The minimum atomic E-state index is -4.14. The van der Waals surface area contributed by atoms with E-state index in [1.165, 1.54) is 24.1 Å². The predicted molar refractivity (Wildman–Crippen MR) is 172 cm³/mol. The Hall–Kier alpha value is -4.14. The zero-order chi connectivity index (χ0) is 31.0. The average Bonchev–Trinajstić information content (AvgIpc) is 3.02. The zero-order valence-corrected chi connectivity index (χ0v) is 26.1. The van der Waals surface area contributed by atoms with Crippen molar-refractivity contribution >= 4 is 39.1 Å². The number of carbonyl (C=O) groups is 2. The van der Waals surface area contributed by atoms with E-state index in [-0.39, 0.29) is 29.7 Å². The first kappa shape index (κ1) is 31.8. The van der Waals surface area contributed by atoms with E-state index in [9.17, 15) is 18.0 Å². The van der Waals surface area contributed by atoms with Crippen LogP contribution in [0.15, 0.2) is 114 Å². The van der Waals surface area contributed by atoms with Crippen LogP contribution >= 0.6 is 11.6 Å². The van der Waals surface area contributed by atoms with Gasteiger partial charge in [-0.15, -0.1) is 0 Å². The van der Waals surface area contributed by atoms with Crippen LogP contribution in [0.25, 0.3) is 0 Å². The second-order valence-electron chi connectivity index (χ2n) is 10.5. The second-order valence-corrected chi connectivity index (χ2v) is 12.8. The quantitative estimate of drug-likeness (QED) is 0.210. The first-order valence-electron chi connectivity index (χ1n) is 14.1. The smallest absolute Gasteiger partial charge is 0.264 e. The molecule has 0 aliphatic carbocycles. The molecule has 43 heavy (non-hydrogen) atoms. The van der Waals surface area contributed by atoms with Crippen LogP contribution in [0.3, 0.4) is 0 Å². The molecule has 0 bridgehead atoms. The summed E-state index contributed by atoms with van der Waals surface area (Å²) in [6.07, 6.45) is 0.244. The number of benzene rings is 4. The average molecular weight is 618 g/mol. The van der Waals surface area contributed by atoms with Crippen LogP contribution in [-0.4, -0.2) is 44.8 Å². The Morgan fingerprint density at radius 3 is 1.93 bits per heavy atom. The molecular formula is C34H36ClN3O4S. The van der Waals surface area contributed by atoms with Crippen molar-refractivity contribution in [2.75, 3.05) is 17.9 Å². The van der Waals surface area contributed by atoms with Gasteiger partial charge in [0, 0.05) is 25.0 Å². The number of hydrogen-bond donors (Lipinski definition) is 1. The molecule has 0 radical (unpaired) electrons. The van der Waals surface area contributed by atoms with Gasteiger partial charge in [0.1, 0.15) is 12.6 Å².